The number of thiophene rings is 1. The molecule has 0 spiro atoms. The highest BCUT2D eigenvalue weighted by atomic mass is 32.2. The second kappa shape index (κ2) is 7.32. The van der Waals surface area contributed by atoms with Gasteiger partial charge >= 0.3 is 0 Å². The first-order chi connectivity index (χ1) is 12.8. The van der Waals surface area contributed by atoms with E-state index in [-0.39, 0.29) is 5.75 Å². The topological polar surface area (TPSA) is 90.0 Å². The lowest BCUT2D eigenvalue weighted by atomic mass is 10.1. The highest BCUT2D eigenvalue weighted by Crippen LogP contribution is 2.37. The standard InChI is InChI=1S/C18H19NO6S2/c1-4-25-16-7-11(5-6-15(16)24-2)14(10-27(3,22)23)19-17(20)12-8-26-9-13(12)18(19)21/h5-9,14H,4,10H2,1-3H3/t14-/m1/s1. The number of imide groups is 1. The fourth-order valence-electron chi connectivity index (χ4n) is 3.04. The molecule has 0 saturated carbocycles. The highest BCUT2D eigenvalue weighted by Gasteiger charge is 2.42. The smallest absolute Gasteiger partial charge is 0.263 e. The Kier molecular flexibility index (Phi) is 5.25. The van der Waals surface area contributed by atoms with Gasteiger partial charge in [-0.1, -0.05) is 6.07 Å². The number of methoxy groups -OCH3 is 1. The summed E-state index contributed by atoms with van der Waals surface area (Å²) in [6.45, 7) is 2.19. The van der Waals surface area contributed by atoms with E-state index in [1.54, 1.807) is 29.0 Å². The molecule has 0 aliphatic carbocycles. The van der Waals surface area contributed by atoms with Crippen LogP contribution in [0.4, 0.5) is 0 Å². The molecule has 0 bridgehead atoms. The van der Waals surface area contributed by atoms with E-state index < -0.39 is 27.7 Å². The van der Waals surface area contributed by atoms with Crippen molar-refractivity contribution in [2.75, 3.05) is 25.7 Å². The maximum atomic E-state index is 12.8. The van der Waals surface area contributed by atoms with Gasteiger partial charge in [0.2, 0.25) is 0 Å². The molecule has 0 unspecified atom stereocenters. The molecule has 27 heavy (non-hydrogen) atoms. The fraction of sp³-hybridized carbons (Fsp3) is 0.333. The van der Waals surface area contributed by atoms with E-state index in [0.717, 1.165) is 11.2 Å². The van der Waals surface area contributed by atoms with Gasteiger partial charge < -0.3 is 9.47 Å². The third-order valence-electron chi connectivity index (χ3n) is 4.20. The van der Waals surface area contributed by atoms with Crippen LogP contribution < -0.4 is 9.47 Å². The number of ether oxygens (including phenoxy) is 2. The van der Waals surface area contributed by atoms with Gasteiger partial charge in [-0.2, -0.15) is 11.3 Å². The molecule has 1 aromatic carbocycles. The van der Waals surface area contributed by atoms with Crippen molar-refractivity contribution in [3.05, 3.63) is 45.6 Å². The molecule has 0 radical (unpaired) electrons. The van der Waals surface area contributed by atoms with Gasteiger partial charge in [0, 0.05) is 17.0 Å². The Morgan fingerprint density at radius 1 is 1.11 bits per heavy atom. The summed E-state index contributed by atoms with van der Waals surface area (Å²) in [7, 11) is -1.99. The molecule has 1 aliphatic rings. The molecular formula is C18H19NO6S2. The number of carbonyl (C=O) groups excluding carboxylic acids is 2. The van der Waals surface area contributed by atoms with E-state index in [1.807, 2.05) is 6.92 Å². The van der Waals surface area contributed by atoms with Crippen LogP contribution in [0.15, 0.2) is 29.0 Å². The molecule has 1 aliphatic heterocycles. The third kappa shape index (κ3) is 3.70. The molecule has 1 atom stereocenters. The van der Waals surface area contributed by atoms with E-state index in [9.17, 15) is 18.0 Å². The van der Waals surface area contributed by atoms with Gasteiger partial charge in [0.15, 0.2) is 11.5 Å². The lowest BCUT2D eigenvalue weighted by molar-refractivity contribution is 0.0597. The molecule has 0 saturated heterocycles. The Balaban J connectivity index is 2.08. The van der Waals surface area contributed by atoms with Gasteiger partial charge in [0.05, 0.1) is 36.6 Å². The number of carbonyl (C=O) groups is 2. The summed E-state index contributed by atoms with van der Waals surface area (Å²) in [6, 6.07) is 3.94. The van der Waals surface area contributed by atoms with Crippen LogP contribution in [-0.2, 0) is 9.84 Å². The lowest BCUT2D eigenvalue weighted by Crippen LogP contribution is -2.37. The molecule has 3 rings (SSSR count). The molecule has 144 valence electrons. The van der Waals surface area contributed by atoms with Crippen molar-refractivity contribution >= 4 is 33.0 Å². The maximum Gasteiger partial charge on any atom is 0.263 e. The van der Waals surface area contributed by atoms with Gasteiger partial charge in [0.25, 0.3) is 11.8 Å². The van der Waals surface area contributed by atoms with E-state index in [4.69, 9.17) is 9.47 Å². The van der Waals surface area contributed by atoms with Crippen LogP contribution in [0, 0.1) is 0 Å². The quantitative estimate of drug-likeness (QED) is 0.653. The van der Waals surface area contributed by atoms with Crippen LogP contribution in [0.25, 0.3) is 0 Å². The van der Waals surface area contributed by atoms with Crippen molar-refractivity contribution in [3.63, 3.8) is 0 Å². The summed E-state index contributed by atoms with van der Waals surface area (Å²) < 4.78 is 34.9. The third-order valence-corrected chi connectivity index (χ3v) is 5.87. The SMILES string of the molecule is CCOc1cc([C@@H](CS(C)(=O)=O)N2C(=O)c3cscc3C2=O)ccc1OC. The largest absolute Gasteiger partial charge is 0.493 e. The van der Waals surface area contributed by atoms with Crippen molar-refractivity contribution in [2.24, 2.45) is 0 Å². The number of sulfone groups is 1. The summed E-state index contributed by atoms with van der Waals surface area (Å²) in [5.41, 5.74) is 1.10. The molecule has 9 heteroatoms. The minimum atomic E-state index is -3.48. The van der Waals surface area contributed by atoms with E-state index in [1.165, 1.54) is 18.4 Å². The predicted octanol–water partition coefficient (Wildman–Crippen LogP) is 2.54. The summed E-state index contributed by atoms with van der Waals surface area (Å²) in [6.07, 6.45) is 1.08. The fourth-order valence-corrected chi connectivity index (χ4v) is 4.75. The molecular weight excluding hydrogens is 390 g/mol. The van der Waals surface area contributed by atoms with Gasteiger partial charge in [-0.05, 0) is 24.6 Å². The first kappa shape index (κ1) is 19.4. The number of hydrogen-bond donors (Lipinski definition) is 0. The zero-order valence-corrected chi connectivity index (χ0v) is 16.7. The predicted molar refractivity (Wildman–Crippen MR) is 101 cm³/mol. The molecule has 2 amide bonds. The molecule has 2 aromatic rings. The minimum Gasteiger partial charge on any atom is -0.493 e. The second-order valence-corrected chi connectivity index (χ2v) is 9.06. The minimum absolute atomic E-state index is 0.307. The molecule has 1 aromatic heterocycles. The van der Waals surface area contributed by atoms with Crippen LogP contribution >= 0.6 is 11.3 Å². The summed E-state index contributed by atoms with van der Waals surface area (Å²) in [5, 5.41) is 3.21. The first-order valence-electron chi connectivity index (χ1n) is 8.19. The van der Waals surface area contributed by atoms with Gasteiger partial charge in [0.1, 0.15) is 9.84 Å². The first-order valence-corrected chi connectivity index (χ1v) is 11.2. The number of nitrogens with zero attached hydrogens (tertiary/aromatic N) is 1. The monoisotopic (exact) mass is 409 g/mol. The Morgan fingerprint density at radius 2 is 1.74 bits per heavy atom. The molecule has 0 N–H and O–H groups in total. The number of rotatable bonds is 7. The van der Waals surface area contributed by atoms with Crippen molar-refractivity contribution in [2.45, 2.75) is 13.0 Å². The van der Waals surface area contributed by atoms with Gasteiger partial charge in [-0.15, -0.1) is 0 Å². The number of benzene rings is 1. The maximum absolute atomic E-state index is 12.8. The molecule has 0 fully saturated rings. The summed E-state index contributed by atoms with van der Waals surface area (Å²) in [4.78, 5) is 26.6. The second-order valence-electron chi connectivity index (χ2n) is 6.13. The normalized spacial score (nSPS) is 15.0. The average Bonchev–Trinajstić information content (AvgIpc) is 3.17. The van der Waals surface area contributed by atoms with Crippen LogP contribution in [0.2, 0.25) is 0 Å². The molecule has 7 nitrogen and oxygen atoms in total. The zero-order valence-electron chi connectivity index (χ0n) is 15.1. The van der Waals surface area contributed by atoms with Crippen LogP contribution in [0.5, 0.6) is 11.5 Å². The number of amides is 2. The van der Waals surface area contributed by atoms with Gasteiger partial charge in [-0.25, -0.2) is 8.42 Å². The van der Waals surface area contributed by atoms with Crippen LogP contribution in [-0.4, -0.2) is 50.9 Å². The van der Waals surface area contributed by atoms with E-state index in [2.05, 4.69) is 0 Å². The summed E-state index contributed by atoms with van der Waals surface area (Å²) >= 11 is 1.26. The lowest BCUT2D eigenvalue weighted by Gasteiger charge is -2.27. The van der Waals surface area contributed by atoms with Crippen LogP contribution in [0.3, 0.4) is 0 Å². The van der Waals surface area contributed by atoms with Gasteiger partial charge in [-0.3, -0.25) is 14.5 Å². The average molecular weight is 409 g/mol. The Bertz CT molecular complexity index is 965. The van der Waals surface area contributed by atoms with E-state index >= 15 is 0 Å². The van der Waals surface area contributed by atoms with Crippen molar-refractivity contribution in [1.82, 2.24) is 4.90 Å². The summed E-state index contributed by atoms with van der Waals surface area (Å²) in [5.74, 6) is -0.450. The van der Waals surface area contributed by atoms with E-state index in [0.29, 0.717) is 34.8 Å². The number of fused-ring (bicyclic) bond motifs is 1. The number of hydrogen-bond acceptors (Lipinski definition) is 7. The highest BCUT2D eigenvalue weighted by molar-refractivity contribution is 7.90. The van der Waals surface area contributed by atoms with Crippen molar-refractivity contribution in [3.8, 4) is 11.5 Å². The zero-order chi connectivity index (χ0) is 19.8. The van der Waals surface area contributed by atoms with Crippen molar-refractivity contribution in [1.29, 1.82) is 0 Å². The Labute approximate surface area is 161 Å². The Hall–Kier alpha value is -2.39. The Morgan fingerprint density at radius 3 is 2.26 bits per heavy atom. The molecule has 2 heterocycles. The van der Waals surface area contributed by atoms with Crippen molar-refractivity contribution < 1.29 is 27.5 Å². The van der Waals surface area contributed by atoms with Crippen LogP contribution in [0.1, 0.15) is 39.2 Å².